The highest BCUT2D eigenvalue weighted by molar-refractivity contribution is 6.04. The molecule has 114 valence electrons. The van der Waals surface area contributed by atoms with E-state index in [2.05, 4.69) is 20.6 Å². The van der Waals surface area contributed by atoms with Crippen LogP contribution in [0, 0.1) is 0 Å². The highest BCUT2D eigenvalue weighted by Gasteiger charge is 2.05. The maximum atomic E-state index is 12.0. The number of carbonyl (C=O) groups is 1. The first-order chi connectivity index (χ1) is 11.3. The van der Waals surface area contributed by atoms with E-state index in [4.69, 9.17) is 0 Å². The third-order valence-electron chi connectivity index (χ3n) is 3.23. The van der Waals surface area contributed by atoms with Crippen molar-refractivity contribution < 1.29 is 4.79 Å². The molecule has 2 N–H and O–H groups in total. The summed E-state index contributed by atoms with van der Waals surface area (Å²) in [6.45, 7) is 0.601. The molecular formula is C18H16N4O. The molecule has 1 aromatic carbocycles. The van der Waals surface area contributed by atoms with E-state index < -0.39 is 0 Å². The van der Waals surface area contributed by atoms with Gasteiger partial charge in [0.05, 0.1) is 24.1 Å². The van der Waals surface area contributed by atoms with Gasteiger partial charge in [-0.3, -0.25) is 9.78 Å². The van der Waals surface area contributed by atoms with Crippen LogP contribution in [0.4, 0.5) is 11.5 Å². The van der Waals surface area contributed by atoms with E-state index in [-0.39, 0.29) is 5.91 Å². The molecular weight excluding hydrogens is 288 g/mol. The van der Waals surface area contributed by atoms with Gasteiger partial charge in [-0.2, -0.15) is 0 Å². The van der Waals surface area contributed by atoms with Crippen LogP contribution in [-0.2, 0) is 6.54 Å². The summed E-state index contributed by atoms with van der Waals surface area (Å²) in [5.41, 5.74) is 2.21. The number of aromatic nitrogens is 2. The van der Waals surface area contributed by atoms with E-state index in [1.54, 1.807) is 24.5 Å². The molecule has 2 heterocycles. The first kappa shape index (κ1) is 14.7. The van der Waals surface area contributed by atoms with Crippen molar-refractivity contribution in [3.63, 3.8) is 0 Å². The zero-order chi connectivity index (χ0) is 15.9. The molecule has 23 heavy (non-hydrogen) atoms. The molecule has 0 aliphatic rings. The summed E-state index contributed by atoms with van der Waals surface area (Å²) in [6.07, 6.45) is 3.38. The normalized spacial score (nSPS) is 10.1. The van der Waals surface area contributed by atoms with Gasteiger partial charge in [0.25, 0.3) is 5.91 Å². The summed E-state index contributed by atoms with van der Waals surface area (Å²) in [7, 11) is 0. The molecule has 0 aliphatic carbocycles. The minimum atomic E-state index is -0.151. The second-order valence-electron chi connectivity index (χ2n) is 4.93. The van der Waals surface area contributed by atoms with Crippen LogP contribution in [0.2, 0.25) is 0 Å². The van der Waals surface area contributed by atoms with Crippen molar-refractivity contribution in [2.75, 3.05) is 10.6 Å². The maximum absolute atomic E-state index is 12.0. The van der Waals surface area contributed by atoms with E-state index in [1.807, 2.05) is 48.5 Å². The van der Waals surface area contributed by atoms with Crippen molar-refractivity contribution >= 4 is 17.4 Å². The Balaban J connectivity index is 1.58. The van der Waals surface area contributed by atoms with E-state index in [1.165, 1.54) is 0 Å². The summed E-state index contributed by atoms with van der Waals surface area (Å²) in [5, 5.41) is 6.00. The number of nitrogens with one attached hydrogen (secondary N) is 2. The van der Waals surface area contributed by atoms with E-state index >= 15 is 0 Å². The zero-order valence-electron chi connectivity index (χ0n) is 12.4. The van der Waals surface area contributed by atoms with Gasteiger partial charge in [0.1, 0.15) is 5.82 Å². The predicted molar refractivity (Wildman–Crippen MR) is 90.2 cm³/mol. The average Bonchev–Trinajstić information content (AvgIpc) is 2.63. The lowest BCUT2D eigenvalue weighted by molar-refractivity contribution is 0.102. The number of rotatable bonds is 5. The molecule has 0 fully saturated rings. The third-order valence-corrected chi connectivity index (χ3v) is 3.23. The first-order valence-corrected chi connectivity index (χ1v) is 7.27. The molecule has 5 nitrogen and oxygen atoms in total. The Hall–Kier alpha value is -3.21. The summed E-state index contributed by atoms with van der Waals surface area (Å²) in [5.74, 6) is 0.579. The van der Waals surface area contributed by atoms with Gasteiger partial charge < -0.3 is 10.6 Å². The summed E-state index contributed by atoms with van der Waals surface area (Å²) in [6, 6.07) is 18.5. The standard InChI is InChI=1S/C18H16N4O/c23-18(14-6-2-1-3-7-14)22-16-9-10-17(21-13-16)20-12-15-8-4-5-11-19-15/h1-11,13H,12H2,(H,20,21)(H,22,23). The van der Waals surface area contributed by atoms with E-state index in [9.17, 15) is 4.79 Å². The monoisotopic (exact) mass is 304 g/mol. The van der Waals surface area contributed by atoms with Gasteiger partial charge in [-0.25, -0.2) is 4.98 Å². The quantitative estimate of drug-likeness (QED) is 0.758. The van der Waals surface area contributed by atoms with Crippen LogP contribution < -0.4 is 10.6 Å². The smallest absolute Gasteiger partial charge is 0.255 e. The molecule has 1 amide bonds. The van der Waals surface area contributed by atoms with Crippen LogP contribution in [0.15, 0.2) is 73.1 Å². The van der Waals surface area contributed by atoms with Crippen molar-refractivity contribution in [1.29, 1.82) is 0 Å². The Morgan fingerprint density at radius 2 is 1.74 bits per heavy atom. The Labute approximate surface area is 134 Å². The summed E-state index contributed by atoms with van der Waals surface area (Å²) < 4.78 is 0. The van der Waals surface area contributed by atoms with Crippen molar-refractivity contribution in [3.8, 4) is 0 Å². The van der Waals surface area contributed by atoms with Crippen molar-refractivity contribution in [2.24, 2.45) is 0 Å². The van der Waals surface area contributed by atoms with E-state index in [0.29, 0.717) is 17.8 Å². The predicted octanol–water partition coefficient (Wildman–Crippen LogP) is 3.34. The molecule has 5 heteroatoms. The molecule has 0 unspecified atom stereocenters. The Morgan fingerprint density at radius 1 is 0.913 bits per heavy atom. The number of anilines is 2. The second kappa shape index (κ2) is 7.17. The largest absolute Gasteiger partial charge is 0.364 e. The minimum absolute atomic E-state index is 0.151. The topological polar surface area (TPSA) is 66.9 Å². The molecule has 0 saturated carbocycles. The summed E-state index contributed by atoms with van der Waals surface area (Å²) >= 11 is 0. The van der Waals surface area contributed by atoms with Crippen LogP contribution in [0.25, 0.3) is 0 Å². The molecule has 0 saturated heterocycles. The number of nitrogens with zero attached hydrogens (tertiary/aromatic N) is 2. The first-order valence-electron chi connectivity index (χ1n) is 7.27. The SMILES string of the molecule is O=C(Nc1ccc(NCc2ccccn2)nc1)c1ccccc1. The highest BCUT2D eigenvalue weighted by Crippen LogP contribution is 2.12. The van der Waals surface area contributed by atoms with Gasteiger partial charge in [-0.15, -0.1) is 0 Å². The molecule has 0 aliphatic heterocycles. The maximum Gasteiger partial charge on any atom is 0.255 e. The fraction of sp³-hybridized carbons (Fsp3) is 0.0556. The van der Waals surface area contributed by atoms with Crippen LogP contribution >= 0.6 is 0 Å². The van der Waals surface area contributed by atoms with E-state index in [0.717, 1.165) is 11.5 Å². The second-order valence-corrected chi connectivity index (χ2v) is 4.93. The number of hydrogen-bond acceptors (Lipinski definition) is 4. The van der Waals surface area contributed by atoms with Crippen molar-refractivity contribution in [1.82, 2.24) is 9.97 Å². The van der Waals surface area contributed by atoms with Gasteiger partial charge in [-0.1, -0.05) is 24.3 Å². The summed E-state index contributed by atoms with van der Waals surface area (Å²) in [4.78, 5) is 20.6. The Kier molecular flexibility index (Phi) is 4.59. The molecule has 0 atom stereocenters. The molecule has 3 rings (SSSR count). The van der Waals surface area contributed by atoms with Crippen LogP contribution in [0.3, 0.4) is 0 Å². The average molecular weight is 304 g/mol. The highest BCUT2D eigenvalue weighted by atomic mass is 16.1. The Morgan fingerprint density at radius 3 is 2.43 bits per heavy atom. The van der Waals surface area contributed by atoms with Gasteiger partial charge >= 0.3 is 0 Å². The van der Waals surface area contributed by atoms with Crippen molar-refractivity contribution in [3.05, 3.63) is 84.3 Å². The molecule has 2 aromatic heterocycles. The number of benzene rings is 1. The molecule has 0 bridgehead atoms. The molecule has 3 aromatic rings. The number of hydrogen-bond donors (Lipinski definition) is 2. The fourth-order valence-corrected chi connectivity index (χ4v) is 2.05. The third kappa shape index (κ3) is 4.14. The van der Waals surface area contributed by atoms with Gasteiger partial charge in [0.15, 0.2) is 0 Å². The van der Waals surface area contributed by atoms with Crippen LogP contribution in [0.1, 0.15) is 16.1 Å². The van der Waals surface area contributed by atoms with Crippen LogP contribution in [-0.4, -0.2) is 15.9 Å². The van der Waals surface area contributed by atoms with Crippen molar-refractivity contribution in [2.45, 2.75) is 6.54 Å². The lowest BCUT2D eigenvalue weighted by atomic mass is 10.2. The number of pyridine rings is 2. The lowest BCUT2D eigenvalue weighted by Gasteiger charge is -2.07. The molecule has 0 spiro atoms. The minimum Gasteiger partial charge on any atom is -0.364 e. The van der Waals surface area contributed by atoms with Gasteiger partial charge in [-0.05, 0) is 36.4 Å². The molecule has 0 radical (unpaired) electrons. The Bertz CT molecular complexity index is 758. The van der Waals surface area contributed by atoms with Gasteiger partial charge in [0, 0.05) is 11.8 Å². The number of amides is 1. The lowest BCUT2D eigenvalue weighted by Crippen LogP contribution is -2.12. The van der Waals surface area contributed by atoms with Crippen LogP contribution in [0.5, 0.6) is 0 Å². The van der Waals surface area contributed by atoms with Gasteiger partial charge in [0.2, 0.25) is 0 Å². The number of carbonyl (C=O) groups excluding carboxylic acids is 1. The zero-order valence-corrected chi connectivity index (χ0v) is 12.4. The fourth-order valence-electron chi connectivity index (χ4n) is 2.05.